The molecule has 3 aromatic rings. The zero-order valence-electron chi connectivity index (χ0n) is 13.9. The first-order chi connectivity index (χ1) is 11.7. The maximum Gasteiger partial charge on any atom is 0.238 e. The Morgan fingerprint density at radius 3 is 2.64 bits per heavy atom. The zero-order chi connectivity index (χ0) is 18.2. The molecule has 1 aromatic heterocycles. The summed E-state index contributed by atoms with van der Waals surface area (Å²) in [7, 11) is -3.84. The van der Waals surface area contributed by atoms with Crippen molar-refractivity contribution in [2.45, 2.75) is 25.2 Å². The smallest absolute Gasteiger partial charge is 0.238 e. The van der Waals surface area contributed by atoms with Gasteiger partial charge in [0, 0.05) is 16.6 Å². The third-order valence-electron chi connectivity index (χ3n) is 3.94. The highest BCUT2D eigenvalue weighted by Crippen LogP contribution is 2.24. The fourth-order valence-corrected chi connectivity index (χ4v) is 3.50. The van der Waals surface area contributed by atoms with Crippen LogP contribution < -0.4 is 10.5 Å². The lowest BCUT2D eigenvalue weighted by Gasteiger charge is -2.08. The van der Waals surface area contributed by atoms with Gasteiger partial charge in [-0.25, -0.2) is 13.6 Å². The molecule has 0 fully saturated rings. The number of aryl methyl sites for hydroxylation is 2. The second kappa shape index (κ2) is 6.34. The molecular weight excluding hydrogens is 340 g/mol. The van der Waals surface area contributed by atoms with Gasteiger partial charge in [0.2, 0.25) is 15.9 Å². The van der Waals surface area contributed by atoms with Gasteiger partial charge in [-0.1, -0.05) is 18.2 Å². The van der Waals surface area contributed by atoms with Gasteiger partial charge in [-0.3, -0.25) is 4.79 Å². The van der Waals surface area contributed by atoms with E-state index < -0.39 is 10.0 Å². The molecule has 0 saturated carbocycles. The normalized spacial score (nSPS) is 11.6. The highest BCUT2D eigenvalue weighted by molar-refractivity contribution is 7.89. The van der Waals surface area contributed by atoms with Crippen molar-refractivity contribution in [1.29, 1.82) is 0 Å². The molecule has 3 N–H and O–H groups in total. The number of carbonyl (C=O) groups is 1. The summed E-state index contributed by atoms with van der Waals surface area (Å²) in [5, 5.41) is 8.77. The SMILES string of the molecule is Cc1ccc2c(CC(=O)Nc3ccc(C)c(S(N)(=O)=O)c3)coc2c1. The van der Waals surface area contributed by atoms with E-state index in [1.165, 1.54) is 6.07 Å². The van der Waals surface area contributed by atoms with Crippen molar-refractivity contribution in [2.75, 3.05) is 5.32 Å². The molecule has 6 nitrogen and oxygen atoms in total. The van der Waals surface area contributed by atoms with Crippen molar-refractivity contribution in [3.63, 3.8) is 0 Å². The summed E-state index contributed by atoms with van der Waals surface area (Å²) in [5.74, 6) is -0.271. The fourth-order valence-electron chi connectivity index (χ4n) is 2.69. The van der Waals surface area contributed by atoms with E-state index in [0.717, 1.165) is 22.1 Å². The maximum atomic E-state index is 12.3. The quantitative estimate of drug-likeness (QED) is 0.748. The van der Waals surface area contributed by atoms with Crippen LogP contribution in [-0.4, -0.2) is 14.3 Å². The van der Waals surface area contributed by atoms with Crippen LogP contribution in [0.2, 0.25) is 0 Å². The van der Waals surface area contributed by atoms with E-state index in [4.69, 9.17) is 9.56 Å². The molecule has 0 aliphatic heterocycles. The topological polar surface area (TPSA) is 102 Å². The Morgan fingerprint density at radius 2 is 1.92 bits per heavy atom. The Balaban J connectivity index is 1.81. The van der Waals surface area contributed by atoms with Crippen LogP contribution >= 0.6 is 0 Å². The summed E-state index contributed by atoms with van der Waals surface area (Å²) in [6.07, 6.45) is 1.68. The van der Waals surface area contributed by atoms with E-state index in [1.807, 2.05) is 25.1 Å². The average Bonchev–Trinajstić information content (AvgIpc) is 2.90. The average molecular weight is 358 g/mol. The van der Waals surface area contributed by atoms with Gasteiger partial charge in [0.05, 0.1) is 17.6 Å². The molecule has 25 heavy (non-hydrogen) atoms. The number of amides is 1. The summed E-state index contributed by atoms with van der Waals surface area (Å²) >= 11 is 0. The highest BCUT2D eigenvalue weighted by Gasteiger charge is 2.14. The van der Waals surface area contributed by atoms with E-state index in [0.29, 0.717) is 11.3 Å². The summed E-state index contributed by atoms with van der Waals surface area (Å²) in [4.78, 5) is 12.3. The maximum absolute atomic E-state index is 12.3. The summed E-state index contributed by atoms with van der Waals surface area (Å²) < 4.78 is 28.6. The highest BCUT2D eigenvalue weighted by atomic mass is 32.2. The minimum atomic E-state index is -3.84. The standard InChI is InChI=1S/C18H18N2O4S/c1-11-3-6-15-13(10-24-16(15)7-11)8-18(21)20-14-5-4-12(2)17(9-14)25(19,22)23/h3-7,9-10H,8H2,1-2H3,(H,20,21)(H2,19,22,23). The van der Waals surface area contributed by atoms with Crippen LogP contribution in [0.25, 0.3) is 11.0 Å². The lowest BCUT2D eigenvalue weighted by atomic mass is 10.1. The van der Waals surface area contributed by atoms with Gasteiger partial charge in [0.1, 0.15) is 5.58 Å². The molecule has 130 valence electrons. The molecule has 1 heterocycles. The Labute approximate surface area is 145 Å². The van der Waals surface area contributed by atoms with E-state index in [1.54, 1.807) is 25.3 Å². The van der Waals surface area contributed by atoms with Crippen molar-refractivity contribution in [3.05, 3.63) is 59.4 Å². The second-order valence-corrected chi connectivity index (χ2v) is 7.54. The molecule has 0 aliphatic carbocycles. The van der Waals surface area contributed by atoms with E-state index >= 15 is 0 Å². The molecule has 0 spiro atoms. The minimum Gasteiger partial charge on any atom is -0.464 e. The van der Waals surface area contributed by atoms with Crippen LogP contribution in [-0.2, 0) is 21.2 Å². The zero-order valence-corrected chi connectivity index (χ0v) is 14.7. The van der Waals surface area contributed by atoms with Crippen LogP contribution in [0.3, 0.4) is 0 Å². The van der Waals surface area contributed by atoms with Crippen molar-refractivity contribution < 1.29 is 17.6 Å². The number of carbonyl (C=O) groups excluding carboxylic acids is 1. The molecule has 0 aliphatic rings. The summed E-state index contributed by atoms with van der Waals surface area (Å²) in [5.41, 5.74) is 3.48. The molecule has 1 amide bonds. The summed E-state index contributed by atoms with van der Waals surface area (Å²) in [6.45, 7) is 3.61. The molecule has 0 atom stereocenters. The van der Waals surface area contributed by atoms with Crippen LogP contribution in [0.15, 0.2) is 52.0 Å². The van der Waals surface area contributed by atoms with Crippen LogP contribution in [0, 0.1) is 13.8 Å². The number of furan rings is 1. The summed E-state index contributed by atoms with van der Waals surface area (Å²) in [6, 6.07) is 10.4. The fraction of sp³-hybridized carbons (Fsp3) is 0.167. The first-order valence-corrected chi connectivity index (χ1v) is 9.19. The van der Waals surface area contributed by atoms with Gasteiger partial charge in [-0.15, -0.1) is 0 Å². The van der Waals surface area contributed by atoms with Crippen LogP contribution in [0.4, 0.5) is 5.69 Å². The number of primary sulfonamides is 1. The number of benzene rings is 2. The van der Waals surface area contributed by atoms with Crippen molar-refractivity contribution in [2.24, 2.45) is 5.14 Å². The number of sulfonamides is 1. The molecule has 7 heteroatoms. The first-order valence-electron chi connectivity index (χ1n) is 7.64. The lowest BCUT2D eigenvalue weighted by Crippen LogP contribution is -2.17. The van der Waals surface area contributed by atoms with Gasteiger partial charge >= 0.3 is 0 Å². The monoisotopic (exact) mass is 358 g/mol. The predicted octanol–water partition coefficient (Wildman–Crippen LogP) is 2.88. The molecule has 0 radical (unpaired) electrons. The van der Waals surface area contributed by atoms with Gasteiger partial charge in [-0.05, 0) is 43.2 Å². The second-order valence-electron chi connectivity index (χ2n) is 6.01. The van der Waals surface area contributed by atoms with Crippen LogP contribution in [0.5, 0.6) is 0 Å². The van der Waals surface area contributed by atoms with E-state index in [9.17, 15) is 13.2 Å². The Kier molecular flexibility index (Phi) is 4.36. The van der Waals surface area contributed by atoms with Gasteiger partial charge < -0.3 is 9.73 Å². The third-order valence-corrected chi connectivity index (χ3v) is 4.99. The number of rotatable bonds is 4. The van der Waals surface area contributed by atoms with Crippen LogP contribution in [0.1, 0.15) is 16.7 Å². The van der Waals surface area contributed by atoms with Gasteiger partial charge in [0.15, 0.2) is 0 Å². The first kappa shape index (κ1) is 17.2. The minimum absolute atomic E-state index is 0.00506. The Hall–Kier alpha value is -2.64. The molecule has 0 unspecified atom stereocenters. The largest absolute Gasteiger partial charge is 0.464 e. The van der Waals surface area contributed by atoms with Gasteiger partial charge in [-0.2, -0.15) is 0 Å². The third kappa shape index (κ3) is 3.72. The number of anilines is 1. The number of nitrogens with two attached hydrogens (primary N) is 1. The van der Waals surface area contributed by atoms with Crippen molar-refractivity contribution >= 4 is 32.6 Å². The number of nitrogens with one attached hydrogen (secondary N) is 1. The molecule has 0 saturated heterocycles. The number of hydrogen-bond acceptors (Lipinski definition) is 4. The number of fused-ring (bicyclic) bond motifs is 1. The predicted molar refractivity (Wildman–Crippen MR) is 95.8 cm³/mol. The van der Waals surface area contributed by atoms with Crippen molar-refractivity contribution in [1.82, 2.24) is 0 Å². The molecule has 3 rings (SSSR count). The molecule has 2 aromatic carbocycles. The van der Waals surface area contributed by atoms with E-state index in [-0.39, 0.29) is 17.2 Å². The van der Waals surface area contributed by atoms with E-state index in [2.05, 4.69) is 5.32 Å². The van der Waals surface area contributed by atoms with Gasteiger partial charge in [0.25, 0.3) is 0 Å². The molecular formula is C18H18N2O4S. The Morgan fingerprint density at radius 1 is 1.16 bits per heavy atom. The lowest BCUT2D eigenvalue weighted by molar-refractivity contribution is -0.115. The Bertz CT molecular complexity index is 1070. The van der Waals surface area contributed by atoms with Crippen molar-refractivity contribution in [3.8, 4) is 0 Å². The molecule has 0 bridgehead atoms. The number of hydrogen-bond donors (Lipinski definition) is 2.